The average molecular weight is 342 g/mol. The third-order valence-electron chi connectivity index (χ3n) is 3.64. The van der Waals surface area contributed by atoms with E-state index in [0.717, 1.165) is 11.4 Å². The average Bonchev–Trinajstić information content (AvgIpc) is 3.15. The van der Waals surface area contributed by atoms with Crippen LogP contribution >= 0.6 is 11.6 Å². The van der Waals surface area contributed by atoms with Gasteiger partial charge in [-0.25, -0.2) is 4.98 Å². The third-order valence-corrected chi connectivity index (χ3v) is 3.89. The molecule has 122 valence electrons. The summed E-state index contributed by atoms with van der Waals surface area (Å²) in [6.07, 6.45) is 5.27. The molecule has 3 aromatic rings. The molecule has 0 aliphatic heterocycles. The normalized spacial score (nSPS) is 11.9. The number of aromatic nitrogens is 2. The predicted molar refractivity (Wildman–Crippen MR) is 92.3 cm³/mol. The highest BCUT2D eigenvalue weighted by Crippen LogP contribution is 2.17. The zero-order valence-corrected chi connectivity index (χ0v) is 13.5. The van der Waals surface area contributed by atoms with Crippen LogP contribution in [-0.4, -0.2) is 27.2 Å². The Morgan fingerprint density at radius 1 is 1.17 bits per heavy atom. The van der Waals surface area contributed by atoms with Crippen molar-refractivity contribution in [2.75, 3.05) is 6.61 Å². The number of nitrogens with zero attached hydrogens (tertiary/aromatic N) is 2. The standard InChI is InChI=1S/C18H16ClN3O2/c19-15-6-3-13(4-7-15)16(12-23)21-18(24)14-5-8-17(20-11-14)22-9-1-2-10-22/h1-11,16,23H,12H2,(H,21,24). The first-order valence-corrected chi connectivity index (χ1v) is 7.82. The highest BCUT2D eigenvalue weighted by molar-refractivity contribution is 6.30. The Morgan fingerprint density at radius 3 is 2.46 bits per heavy atom. The monoisotopic (exact) mass is 341 g/mol. The van der Waals surface area contributed by atoms with E-state index in [1.54, 1.807) is 36.4 Å². The van der Waals surface area contributed by atoms with Gasteiger partial charge in [-0.15, -0.1) is 0 Å². The molecule has 5 nitrogen and oxygen atoms in total. The van der Waals surface area contributed by atoms with Gasteiger partial charge in [0.25, 0.3) is 5.91 Å². The fraction of sp³-hybridized carbons (Fsp3) is 0.111. The highest BCUT2D eigenvalue weighted by atomic mass is 35.5. The van der Waals surface area contributed by atoms with Crippen LogP contribution in [-0.2, 0) is 0 Å². The maximum atomic E-state index is 12.4. The van der Waals surface area contributed by atoms with E-state index in [9.17, 15) is 9.90 Å². The number of benzene rings is 1. The summed E-state index contributed by atoms with van der Waals surface area (Å²) in [4.78, 5) is 16.6. The molecule has 0 spiro atoms. The Hall–Kier alpha value is -2.63. The summed E-state index contributed by atoms with van der Waals surface area (Å²) in [5.41, 5.74) is 1.21. The molecule has 1 aromatic carbocycles. The van der Waals surface area contributed by atoms with Gasteiger partial charge in [-0.3, -0.25) is 4.79 Å². The lowest BCUT2D eigenvalue weighted by molar-refractivity contribution is 0.0916. The molecule has 0 bridgehead atoms. The number of carbonyl (C=O) groups excluding carboxylic acids is 1. The van der Waals surface area contributed by atoms with E-state index in [1.807, 2.05) is 29.1 Å². The first-order chi connectivity index (χ1) is 11.7. The molecule has 0 aliphatic carbocycles. The number of hydrogen-bond donors (Lipinski definition) is 2. The molecular weight excluding hydrogens is 326 g/mol. The second-order valence-electron chi connectivity index (χ2n) is 5.26. The van der Waals surface area contributed by atoms with E-state index in [1.165, 1.54) is 6.20 Å². The number of carbonyl (C=O) groups is 1. The quantitative estimate of drug-likeness (QED) is 0.749. The molecule has 0 fully saturated rings. The molecule has 3 rings (SSSR count). The van der Waals surface area contributed by atoms with E-state index in [0.29, 0.717) is 10.6 Å². The summed E-state index contributed by atoms with van der Waals surface area (Å²) in [6, 6.07) is 13.8. The van der Waals surface area contributed by atoms with Crippen molar-refractivity contribution >= 4 is 17.5 Å². The van der Waals surface area contributed by atoms with Gasteiger partial charge in [0.05, 0.1) is 18.2 Å². The minimum Gasteiger partial charge on any atom is -0.394 e. The largest absolute Gasteiger partial charge is 0.394 e. The van der Waals surface area contributed by atoms with Gasteiger partial charge in [-0.1, -0.05) is 23.7 Å². The minimum atomic E-state index is -0.501. The molecule has 0 radical (unpaired) electrons. The van der Waals surface area contributed by atoms with Crippen molar-refractivity contribution in [3.63, 3.8) is 0 Å². The SMILES string of the molecule is O=C(NC(CO)c1ccc(Cl)cc1)c1ccc(-n2cccc2)nc1. The fourth-order valence-electron chi connectivity index (χ4n) is 2.33. The molecule has 2 aromatic heterocycles. The number of halogens is 1. The van der Waals surface area contributed by atoms with Crippen LogP contribution in [0, 0.1) is 0 Å². The second-order valence-corrected chi connectivity index (χ2v) is 5.69. The lowest BCUT2D eigenvalue weighted by Gasteiger charge is -2.17. The van der Waals surface area contributed by atoms with E-state index in [-0.39, 0.29) is 12.5 Å². The van der Waals surface area contributed by atoms with E-state index in [4.69, 9.17) is 11.6 Å². The minimum absolute atomic E-state index is 0.206. The third kappa shape index (κ3) is 3.64. The van der Waals surface area contributed by atoms with Gasteiger partial charge < -0.3 is 15.0 Å². The number of aliphatic hydroxyl groups is 1. The Balaban J connectivity index is 1.72. The van der Waals surface area contributed by atoms with Crippen molar-refractivity contribution in [3.05, 3.63) is 83.3 Å². The van der Waals surface area contributed by atoms with Gasteiger partial charge in [0.2, 0.25) is 0 Å². The number of hydrogen-bond acceptors (Lipinski definition) is 3. The molecule has 24 heavy (non-hydrogen) atoms. The Labute approximate surface area is 144 Å². The number of pyridine rings is 1. The molecule has 0 aliphatic rings. The van der Waals surface area contributed by atoms with Gasteiger partial charge in [0.15, 0.2) is 0 Å². The second kappa shape index (κ2) is 7.29. The molecule has 1 amide bonds. The van der Waals surface area contributed by atoms with Crippen LogP contribution < -0.4 is 5.32 Å². The van der Waals surface area contributed by atoms with Crippen molar-refractivity contribution in [2.24, 2.45) is 0 Å². The molecule has 2 heterocycles. The van der Waals surface area contributed by atoms with Crippen LogP contribution in [0.5, 0.6) is 0 Å². The zero-order chi connectivity index (χ0) is 16.9. The lowest BCUT2D eigenvalue weighted by atomic mass is 10.1. The molecule has 0 saturated heterocycles. The lowest BCUT2D eigenvalue weighted by Crippen LogP contribution is -2.30. The smallest absolute Gasteiger partial charge is 0.253 e. The Kier molecular flexibility index (Phi) is 4.93. The van der Waals surface area contributed by atoms with E-state index < -0.39 is 6.04 Å². The topological polar surface area (TPSA) is 67.2 Å². The van der Waals surface area contributed by atoms with Gasteiger partial charge >= 0.3 is 0 Å². The van der Waals surface area contributed by atoms with Crippen LogP contribution in [0.15, 0.2) is 67.1 Å². The fourth-order valence-corrected chi connectivity index (χ4v) is 2.46. The molecule has 6 heteroatoms. The summed E-state index contributed by atoms with van der Waals surface area (Å²) in [7, 11) is 0. The summed E-state index contributed by atoms with van der Waals surface area (Å²) < 4.78 is 1.85. The molecule has 1 atom stereocenters. The number of amides is 1. The Morgan fingerprint density at radius 2 is 1.88 bits per heavy atom. The molecule has 2 N–H and O–H groups in total. The first kappa shape index (κ1) is 16.2. The van der Waals surface area contributed by atoms with Gasteiger partial charge in [0, 0.05) is 23.6 Å². The van der Waals surface area contributed by atoms with Gasteiger partial charge in [-0.2, -0.15) is 0 Å². The Bertz CT molecular complexity index is 799. The number of nitrogens with one attached hydrogen (secondary N) is 1. The summed E-state index contributed by atoms with van der Waals surface area (Å²) in [5, 5.41) is 12.9. The van der Waals surface area contributed by atoms with Crippen molar-refractivity contribution in [1.29, 1.82) is 0 Å². The molecular formula is C18H16ClN3O2. The predicted octanol–water partition coefficient (Wildman–Crippen LogP) is 2.99. The van der Waals surface area contributed by atoms with Crippen LogP contribution in [0.4, 0.5) is 0 Å². The molecule has 1 unspecified atom stereocenters. The van der Waals surface area contributed by atoms with Gasteiger partial charge in [-0.05, 0) is 42.0 Å². The van der Waals surface area contributed by atoms with Crippen molar-refractivity contribution in [2.45, 2.75) is 6.04 Å². The molecule has 0 saturated carbocycles. The van der Waals surface area contributed by atoms with Crippen molar-refractivity contribution in [3.8, 4) is 5.82 Å². The maximum absolute atomic E-state index is 12.4. The number of aliphatic hydroxyl groups excluding tert-OH is 1. The maximum Gasteiger partial charge on any atom is 0.253 e. The highest BCUT2D eigenvalue weighted by Gasteiger charge is 2.15. The van der Waals surface area contributed by atoms with Gasteiger partial charge in [0.1, 0.15) is 5.82 Å². The van der Waals surface area contributed by atoms with Crippen LogP contribution in [0.1, 0.15) is 22.0 Å². The van der Waals surface area contributed by atoms with Crippen molar-refractivity contribution < 1.29 is 9.90 Å². The summed E-state index contributed by atoms with van der Waals surface area (Å²) in [6.45, 7) is -0.206. The van der Waals surface area contributed by atoms with E-state index in [2.05, 4.69) is 10.3 Å². The van der Waals surface area contributed by atoms with E-state index >= 15 is 0 Å². The summed E-state index contributed by atoms with van der Waals surface area (Å²) >= 11 is 5.86. The van der Waals surface area contributed by atoms with Crippen molar-refractivity contribution in [1.82, 2.24) is 14.9 Å². The summed E-state index contributed by atoms with van der Waals surface area (Å²) in [5.74, 6) is 0.434. The number of rotatable bonds is 5. The zero-order valence-electron chi connectivity index (χ0n) is 12.8. The van der Waals surface area contributed by atoms with Crippen LogP contribution in [0.3, 0.4) is 0 Å². The van der Waals surface area contributed by atoms with Crippen LogP contribution in [0.25, 0.3) is 5.82 Å². The first-order valence-electron chi connectivity index (χ1n) is 7.44. The van der Waals surface area contributed by atoms with Crippen LogP contribution in [0.2, 0.25) is 5.02 Å².